The van der Waals surface area contributed by atoms with Gasteiger partial charge in [0.25, 0.3) is 5.91 Å². The first kappa shape index (κ1) is 20.1. The smallest absolute Gasteiger partial charge is 0.251 e. The lowest BCUT2D eigenvalue weighted by Gasteiger charge is -2.13. The highest BCUT2D eigenvalue weighted by atomic mass is 16.1. The third-order valence-corrected chi connectivity index (χ3v) is 5.36. The zero-order valence-electron chi connectivity index (χ0n) is 18.1. The van der Waals surface area contributed by atoms with Gasteiger partial charge in [0, 0.05) is 29.9 Å². The minimum atomic E-state index is -0.00226. The summed E-state index contributed by atoms with van der Waals surface area (Å²) in [6.07, 6.45) is 8.12. The summed E-state index contributed by atoms with van der Waals surface area (Å²) in [6.45, 7) is 9.24. The molecule has 1 aliphatic rings. The van der Waals surface area contributed by atoms with E-state index < -0.39 is 0 Å². The van der Waals surface area contributed by atoms with Crippen molar-refractivity contribution in [2.45, 2.75) is 46.6 Å². The summed E-state index contributed by atoms with van der Waals surface area (Å²) in [6, 6.07) is 8.07. The number of nitrogens with zero attached hydrogens (tertiary/aromatic N) is 3. The third kappa shape index (κ3) is 4.22. The Kier molecular flexibility index (Phi) is 5.57. The van der Waals surface area contributed by atoms with Crippen LogP contribution in [-0.4, -0.2) is 32.9 Å². The molecule has 1 aliphatic carbocycles. The summed E-state index contributed by atoms with van der Waals surface area (Å²) in [7, 11) is 0. The van der Waals surface area contributed by atoms with Crippen LogP contribution in [0.2, 0.25) is 0 Å². The highest BCUT2D eigenvalue weighted by Crippen LogP contribution is 2.27. The molecule has 0 aliphatic heterocycles. The van der Waals surface area contributed by atoms with Gasteiger partial charge in [0.2, 0.25) is 0 Å². The number of allylic oxidation sites excluding steroid dienone is 2. The number of nitrogens with one attached hydrogen (secondary N) is 2. The molecule has 1 saturated carbocycles. The van der Waals surface area contributed by atoms with E-state index in [1.54, 1.807) is 0 Å². The number of hydrogen-bond acceptors (Lipinski definition) is 4. The Bertz CT molecular complexity index is 1090. The number of fused-ring (bicyclic) bond motifs is 1. The average Bonchev–Trinajstić information content (AvgIpc) is 3.46. The molecule has 30 heavy (non-hydrogen) atoms. The maximum atomic E-state index is 12.3. The third-order valence-electron chi connectivity index (χ3n) is 5.36. The van der Waals surface area contributed by atoms with Gasteiger partial charge < -0.3 is 10.6 Å². The number of amides is 1. The lowest BCUT2D eigenvalue weighted by atomic mass is 10.1. The van der Waals surface area contributed by atoms with E-state index in [4.69, 9.17) is 4.98 Å². The van der Waals surface area contributed by atoms with Crippen LogP contribution in [0.1, 0.15) is 56.6 Å². The lowest BCUT2D eigenvalue weighted by Crippen LogP contribution is -2.25. The Morgan fingerprint density at radius 1 is 1.27 bits per heavy atom. The molecule has 2 N–H and O–H groups in total. The molecule has 2 heterocycles. The molecule has 1 fully saturated rings. The van der Waals surface area contributed by atoms with Crippen molar-refractivity contribution in [2.24, 2.45) is 5.92 Å². The number of anilines is 1. The van der Waals surface area contributed by atoms with E-state index in [1.807, 2.05) is 43.6 Å². The van der Waals surface area contributed by atoms with E-state index >= 15 is 0 Å². The number of aromatic nitrogens is 3. The summed E-state index contributed by atoms with van der Waals surface area (Å²) in [5.41, 5.74) is 5.49. The van der Waals surface area contributed by atoms with E-state index in [2.05, 4.69) is 46.9 Å². The van der Waals surface area contributed by atoms with Crippen LogP contribution < -0.4 is 10.6 Å². The van der Waals surface area contributed by atoms with Crippen molar-refractivity contribution in [3.8, 4) is 11.3 Å². The van der Waals surface area contributed by atoms with Gasteiger partial charge >= 0.3 is 0 Å². The summed E-state index contributed by atoms with van der Waals surface area (Å²) in [4.78, 5) is 21.7. The van der Waals surface area contributed by atoms with Gasteiger partial charge in [0.05, 0.1) is 17.6 Å². The maximum Gasteiger partial charge on any atom is 0.251 e. The first-order chi connectivity index (χ1) is 14.5. The first-order valence-corrected chi connectivity index (χ1v) is 10.6. The zero-order valence-corrected chi connectivity index (χ0v) is 18.1. The van der Waals surface area contributed by atoms with E-state index in [0.29, 0.717) is 17.5 Å². The average molecular weight is 404 g/mol. The Hall–Kier alpha value is -3.15. The monoisotopic (exact) mass is 403 g/mol. The van der Waals surface area contributed by atoms with Gasteiger partial charge in [0.15, 0.2) is 11.5 Å². The van der Waals surface area contributed by atoms with Crippen LogP contribution in [0.5, 0.6) is 0 Å². The van der Waals surface area contributed by atoms with Crippen molar-refractivity contribution < 1.29 is 4.79 Å². The number of carbonyl (C=O) groups excluding carboxylic acids is 1. The minimum absolute atomic E-state index is 0.00226. The molecule has 0 saturated heterocycles. The number of carbonyl (C=O) groups is 1. The standard InChI is InChI=1S/C24H29N5O/c1-5-16(4)20-14-29-21(13-26-23(29)22(28-20)25-12-15(2)3)17-6-8-18(9-7-17)24(30)27-19-10-11-19/h5-9,13-15,19H,10-12H2,1-4H3,(H,25,28)(H,27,30)/b16-5+. The van der Waals surface area contributed by atoms with Crippen LogP contribution in [0.4, 0.5) is 5.82 Å². The molecule has 0 atom stereocenters. The molecule has 6 heteroatoms. The second-order valence-electron chi connectivity index (χ2n) is 8.38. The fraction of sp³-hybridized carbons (Fsp3) is 0.375. The van der Waals surface area contributed by atoms with Crippen LogP contribution in [0.15, 0.2) is 42.7 Å². The largest absolute Gasteiger partial charge is 0.367 e. The number of hydrogen-bond donors (Lipinski definition) is 2. The lowest BCUT2D eigenvalue weighted by molar-refractivity contribution is 0.0951. The molecule has 0 unspecified atom stereocenters. The van der Waals surface area contributed by atoms with E-state index in [-0.39, 0.29) is 5.91 Å². The van der Waals surface area contributed by atoms with Gasteiger partial charge in [-0.25, -0.2) is 9.97 Å². The summed E-state index contributed by atoms with van der Waals surface area (Å²) in [5.74, 6) is 1.29. The van der Waals surface area contributed by atoms with Crippen molar-refractivity contribution in [3.05, 3.63) is 54.0 Å². The van der Waals surface area contributed by atoms with E-state index in [0.717, 1.165) is 53.4 Å². The molecular weight excluding hydrogens is 374 g/mol. The minimum Gasteiger partial charge on any atom is -0.367 e. The van der Waals surface area contributed by atoms with Crippen LogP contribution >= 0.6 is 0 Å². The highest BCUT2D eigenvalue weighted by Gasteiger charge is 2.23. The number of imidazole rings is 1. The maximum absolute atomic E-state index is 12.3. The van der Waals surface area contributed by atoms with Crippen molar-refractivity contribution in [1.82, 2.24) is 19.7 Å². The van der Waals surface area contributed by atoms with Gasteiger partial charge in [-0.15, -0.1) is 0 Å². The van der Waals surface area contributed by atoms with Crippen molar-refractivity contribution in [2.75, 3.05) is 11.9 Å². The quantitative estimate of drug-likeness (QED) is 0.596. The molecule has 2 aromatic heterocycles. The first-order valence-electron chi connectivity index (χ1n) is 10.6. The Morgan fingerprint density at radius 3 is 2.63 bits per heavy atom. The van der Waals surface area contributed by atoms with Gasteiger partial charge in [-0.05, 0) is 50.3 Å². The normalized spacial score (nSPS) is 14.4. The summed E-state index contributed by atoms with van der Waals surface area (Å²) < 4.78 is 2.08. The van der Waals surface area contributed by atoms with Gasteiger partial charge in [-0.2, -0.15) is 0 Å². The number of rotatable bonds is 7. The molecule has 0 bridgehead atoms. The second-order valence-corrected chi connectivity index (χ2v) is 8.38. The van der Waals surface area contributed by atoms with Crippen molar-refractivity contribution in [1.29, 1.82) is 0 Å². The molecule has 1 amide bonds. The SMILES string of the molecule is C/C=C(\C)c1cn2c(-c3ccc(C(=O)NC4CC4)cc3)cnc2c(NCC(C)C)n1. The second kappa shape index (κ2) is 8.30. The fourth-order valence-corrected chi connectivity index (χ4v) is 3.25. The van der Waals surface area contributed by atoms with Crippen molar-refractivity contribution >= 4 is 22.9 Å². The molecule has 4 rings (SSSR count). The number of benzene rings is 1. The van der Waals surface area contributed by atoms with Crippen LogP contribution in [0, 0.1) is 5.92 Å². The molecule has 0 spiro atoms. The molecule has 156 valence electrons. The van der Waals surface area contributed by atoms with E-state index in [1.165, 1.54) is 0 Å². The van der Waals surface area contributed by atoms with Crippen LogP contribution in [0.3, 0.4) is 0 Å². The molecule has 0 radical (unpaired) electrons. The van der Waals surface area contributed by atoms with E-state index in [9.17, 15) is 4.79 Å². The molecule has 3 aromatic rings. The summed E-state index contributed by atoms with van der Waals surface area (Å²) >= 11 is 0. The summed E-state index contributed by atoms with van der Waals surface area (Å²) in [5, 5.41) is 6.48. The Morgan fingerprint density at radius 2 is 2.00 bits per heavy atom. The van der Waals surface area contributed by atoms with Gasteiger partial charge in [0.1, 0.15) is 0 Å². The molecular formula is C24H29N5O. The zero-order chi connectivity index (χ0) is 21.3. The fourth-order valence-electron chi connectivity index (χ4n) is 3.25. The Labute approximate surface area is 177 Å². The van der Waals surface area contributed by atoms with Gasteiger partial charge in [-0.3, -0.25) is 9.20 Å². The molecule has 1 aromatic carbocycles. The Balaban J connectivity index is 1.71. The van der Waals surface area contributed by atoms with Crippen LogP contribution in [0.25, 0.3) is 22.5 Å². The predicted octanol–water partition coefficient (Wildman–Crippen LogP) is 4.78. The predicted molar refractivity (Wildman–Crippen MR) is 122 cm³/mol. The van der Waals surface area contributed by atoms with Crippen LogP contribution in [-0.2, 0) is 0 Å². The topological polar surface area (TPSA) is 71.3 Å². The highest BCUT2D eigenvalue weighted by molar-refractivity contribution is 5.95. The van der Waals surface area contributed by atoms with Crippen molar-refractivity contribution in [3.63, 3.8) is 0 Å². The van der Waals surface area contributed by atoms with Gasteiger partial charge in [-0.1, -0.05) is 32.1 Å². The molecule has 6 nitrogen and oxygen atoms in total.